The number of rotatable bonds is 5. The van der Waals surface area contributed by atoms with Crippen molar-refractivity contribution < 1.29 is 9.53 Å². The van der Waals surface area contributed by atoms with Crippen molar-refractivity contribution in [3.05, 3.63) is 35.3 Å². The molecule has 1 atom stereocenters. The second-order valence-corrected chi connectivity index (χ2v) is 9.65. The Morgan fingerprint density at radius 2 is 1.74 bits per heavy atom. The van der Waals surface area contributed by atoms with Crippen LogP contribution in [-0.2, 0) is 10.2 Å². The van der Waals surface area contributed by atoms with Gasteiger partial charge in [-0.25, -0.2) is 0 Å². The van der Waals surface area contributed by atoms with E-state index < -0.39 is 6.10 Å². The zero-order valence-electron chi connectivity index (χ0n) is 15.6. The van der Waals surface area contributed by atoms with Crippen molar-refractivity contribution in [3.63, 3.8) is 0 Å². The lowest BCUT2D eigenvalue weighted by molar-refractivity contribution is -0.122. The van der Waals surface area contributed by atoms with Gasteiger partial charge in [-0.2, -0.15) is 0 Å². The highest BCUT2D eigenvalue weighted by Crippen LogP contribution is 2.61. The van der Waals surface area contributed by atoms with Crippen LogP contribution in [0.15, 0.2) is 30.3 Å². The highest BCUT2D eigenvalue weighted by molar-refractivity contribution is 7.15. The normalized spacial score (nSPS) is 32.3. The van der Waals surface area contributed by atoms with Gasteiger partial charge in [0.25, 0.3) is 5.91 Å². The van der Waals surface area contributed by atoms with Crippen molar-refractivity contribution in [2.24, 2.45) is 17.8 Å². The number of nitrogens with one attached hydrogen (secondary N) is 1. The van der Waals surface area contributed by atoms with Gasteiger partial charge in [0.15, 0.2) is 6.10 Å². The first-order valence-electron chi connectivity index (χ1n) is 9.96. The summed E-state index contributed by atoms with van der Waals surface area (Å²) in [6.07, 6.45) is 7.43. The van der Waals surface area contributed by atoms with Crippen LogP contribution in [0, 0.1) is 17.8 Å². The Morgan fingerprint density at radius 3 is 2.37 bits per heavy atom. The summed E-state index contributed by atoms with van der Waals surface area (Å²) >= 11 is 1.56. The van der Waals surface area contributed by atoms with Crippen molar-refractivity contribution in [1.29, 1.82) is 0 Å². The number of para-hydroxylation sites is 1. The smallest absolute Gasteiger partial charge is 0.266 e. The van der Waals surface area contributed by atoms with E-state index in [1.54, 1.807) is 18.3 Å². The molecule has 4 aliphatic rings. The minimum atomic E-state index is -0.584. The van der Waals surface area contributed by atoms with Gasteiger partial charge in [0.05, 0.1) is 0 Å². The first kappa shape index (κ1) is 17.2. The summed E-state index contributed by atoms with van der Waals surface area (Å²) in [6.45, 7) is 1.75. The molecule has 1 N–H and O–H groups in total. The number of hydrogen-bond donors (Lipinski definition) is 1. The maximum Gasteiger partial charge on any atom is 0.266 e. The Labute approximate surface area is 163 Å². The van der Waals surface area contributed by atoms with Gasteiger partial charge in [-0.1, -0.05) is 29.5 Å². The standard InChI is InChI=1S/C21H25N3O2S/c1-13(26-17-5-3-2-4-6-17)18(25)22-20-24-23-19(27-20)21-10-14-7-15(11-21)9-16(8-14)12-21/h2-6,13-16H,7-12H2,1H3,(H,22,24,25). The van der Waals surface area contributed by atoms with E-state index in [4.69, 9.17) is 4.74 Å². The molecule has 0 spiro atoms. The third kappa shape index (κ3) is 3.24. The molecule has 27 heavy (non-hydrogen) atoms. The van der Waals surface area contributed by atoms with Crippen molar-refractivity contribution in [3.8, 4) is 5.75 Å². The topological polar surface area (TPSA) is 64.1 Å². The first-order valence-corrected chi connectivity index (χ1v) is 10.8. The maximum atomic E-state index is 12.5. The number of benzene rings is 1. The Kier molecular flexibility index (Phi) is 4.19. The third-order valence-corrected chi connectivity index (χ3v) is 7.66. The molecule has 4 saturated carbocycles. The third-order valence-electron chi connectivity index (χ3n) is 6.57. The van der Waals surface area contributed by atoms with E-state index in [2.05, 4.69) is 15.5 Å². The predicted octanol–water partition coefficient (Wildman–Crippen LogP) is 4.41. The minimum Gasteiger partial charge on any atom is -0.481 e. The molecule has 6 heteroatoms. The molecule has 1 aromatic carbocycles. The molecule has 4 fully saturated rings. The van der Waals surface area contributed by atoms with Crippen LogP contribution in [0.1, 0.15) is 50.5 Å². The Bertz CT molecular complexity index is 800. The molecule has 6 rings (SSSR count). The lowest BCUT2D eigenvalue weighted by Crippen LogP contribution is -2.48. The molecule has 4 bridgehead atoms. The number of hydrogen-bond acceptors (Lipinski definition) is 5. The molecule has 4 aliphatic carbocycles. The van der Waals surface area contributed by atoms with Crippen LogP contribution < -0.4 is 10.1 Å². The SMILES string of the molecule is CC(Oc1ccccc1)C(=O)Nc1nnc(C23CC4CC(CC(C4)C2)C3)s1. The van der Waals surface area contributed by atoms with Crippen LogP contribution in [-0.4, -0.2) is 22.2 Å². The van der Waals surface area contributed by atoms with Gasteiger partial charge in [-0.3, -0.25) is 10.1 Å². The van der Waals surface area contributed by atoms with E-state index in [9.17, 15) is 4.79 Å². The van der Waals surface area contributed by atoms with Gasteiger partial charge in [-0.15, -0.1) is 10.2 Å². The zero-order chi connectivity index (χ0) is 18.4. The molecule has 0 radical (unpaired) electrons. The lowest BCUT2D eigenvalue weighted by Gasteiger charge is -2.55. The van der Waals surface area contributed by atoms with Gasteiger partial charge in [0.2, 0.25) is 5.13 Å². The van der Waals surface area contributed by atoms with Crippen molar-refractivity contribution in [1.82, 2.24) is 10.2 Å². The number of ether oxygens (including phenoxy) is 1. The molecule has 1 aromatic heterocycles. The lowest BCUT2D eigenvalue weighted by atomic mass is 9.50. The summed E-state index contributed by atoms with van der Waals surface area (Å²) in [4.78, 5) is 12.5. The predicted molar refractivity (Wildman–Crippen MR) is 105 cm³/mol. The number of carbonyl (C=O) groups excluding carboxylic acids is 1. The first-order chi connectivity index (χ1) is 13.1. The van der Waals surface area contributed by atoms with E-state index in [1.165, 1.54) is 38.5 Å². The van der Waals surface area contributed by atoms with Gasteiger partial charge >= 0.3 is 0 Å². The van der Waals surface area contributed by atoms with E-state index in [1.807, 2.05) is 30.3 Å². The van der Waals surface area contributed by atoms with Crippen LogP contribution in [0.3, 0.4) is 0 Å². The van der Waals surface area contributed by atoms with Gasteiger partial charge in [0.1, 0.15) is 10.8 Å². The van der Waals surface area contributed by atoms with Gasteiger partial charge in [-0.05, 0) is 75.3 Å². The monoisotopic (exact) mass is 383 g/mol. The number of aromatic nitrogens is 2. The summed E-state index contributed by atoms with van der Waals surface area (Å²) in [5, 5.41) is 13.4. The Morgan fingerprint density at radius 1 is 1.11 bits per heavy atom. The second-order valence-electron chi connectivity index (χ2n) is 8.67. The number of anilines is 1. The largest absolute Gasteiger partial charge is 0.481 e. The molecule has 0 saturated heterocycles. The molecular formula is C21H25N3O2S. The fourth-order valence-electron chi connectivity index (χ4n) is 5.82. The molecule has 1 amide bonds. The van der Waals surface area contributed by atoms with Crippen LogP contribution >= 0.6 is 11.3 Å². The Hall–Kier alpha value is -1.95. The minimum absolute atomic E-state index is 0.188. The van der Waals surface area contributed by atoms with Crippen LogP contribution in [0.4, 0.5) is 5.13 Å². The maximum absolute atomic E-state index is 12.5. The van der Waals surface area contributed by atoms with Gasteiger partial charge in [0, 0.05) is 5.41 Å². The Balaban J connectivity index is 1.26. The fourth-order valence-corrected chi connectivity index (χ4v) is 6.79. The van der Waals surface area contributed by atoms with Crippen LogP contribution in [0.2, 0.25) is 0 Å². The summed E-state index contributed by atoms with van der Waals surface area (Å²) in [5.41, 5.74) is 0.224. The quantitative estimate of drug-likeness (QED) is 0.830. The van der Waals surface area contributed by atoms with Crippen molar-refractivity contribution in [2.75, 3.05) is 5.32 Å². The second kappa shape index (κ2) is 6.59. The average molecular weight is 384 g/mol. The summed E-state index contributed by atoms with van der Waals surface area (Å²) < 4.78 is 5.70. The number of carbonyl (C=O) groups is 1. The fraction of sp³-hybridized carbons (Fsp3) is 0.571. The molecule has 142 valence electrons. The van der Waals surface area contributed by atoms with E-state index in [0.717, 1.165) is 22.8 Å². The highest BCUT2D eigenvalue weighted by Gasteiger charge is 2.53. The molecule has 5 nitrogen and oxygen atoms in total. The summed E-state index contributed by atoms with van der Waals surface area (Å²) in [5.74, 6) is 3.12. The summed E-state index contributed by atoms with van der Waals surface area (Å²) in [7, 11) is 0. The molecule has 0 aliphatic heterocycles. The molecule has 1 unspecified atom stereocenters. The van der Waals surface area contributed by atoms with Gasteiger partial charge < -0.3 is 4.74 Å². The number of amides is 1. The molecular weight excluding hydrogens is 358 g/mol. The number of nitrogens with zero attached hydrogens (tertiary/aromatic N) is 2. The average Bonchev–Trinajstić information content (AvgIpc) is 3.11. The van der Waals surface area contributed by atoms with Crippen LogP contribution in [0.5, 0.6) is 5.75 Å². The van der Waals surface area contributed by atoms with E-state index in [-0.39, 0.29) is 11.3 Å². The zero-order valence-corrected chi connectivity index (χ0v) is 16.4. The highest BCUT2D eigenvalue weighted by atomic mass is 32.1. The van der Waals surface area contributed by atoms with E-state index >= 15 is 0 Å². The molecule has 2 aromatic rings. The molecule has 1 heterocycles. The van der Waals surface area contributed by atoms with Crippen molar-refractivity contribution >= 4 is 22.4 Å². The summed E-state index contributed by atoms with van der Waals surface area (Å²) in [6, 6.07) is 9.40. The van der Waals surface area contributed by atoms with E-state index in [0.29, 0.717) is 10.9 Å². The van der Waals surface area contributed by atoms with Crippen LogP contribution in [0.25, 0.3) is 0 Å². The van der Waals surface area contributed by atoms with Crippen molar-refractivity contribution in [2.45, 2.75) is 57.0 Å².